The zero-order chi connectivity index (χ0) is 12.8. The number of hydrogen-bond donors (Lipinski definition) is 1. The van der Waals surface area contributed by atoms with Crippen molar-refractivity contribution in [2.75, 3.05) is 31.9 Å². The maximum absolute atomic E-state index is 12.1. The van der Waals surface area contributed by atoms with E-state index >= 15 is 0 Å². The first kappa shape index (κ1) is 13.8. The van der Waals surface area contributed by atoms with Crippen molar-refractivity contribution in [2.45, 2.75) is 11.4 Å². The minimum Gasteiger partial charge on any atom is -0.341 e. The van der Waals surface area contributed by atoms with Crippen LogP contribution in [0.4, 0.5) is 0 Å². The Bertz CT molecular complexity index is 408. The number of nitrogens with one attached hydrogen (secondary N) is 1. The predicted molar refractivity (Wildman–Crippen MR) is 76.7 cm³/mol. The molecule has 1 fully saturated rings. The highest BCUT2D eigenvalue weighted by molar-refractivity contribution is 9.10. The van der Waals surface area contributed by atoms with Gasteiger partial charge in [-0.1, -0.05) is 11.8 Å². The molecule has 1 amide bonds. The molecule has 1 aromatic rings. The Hall–Kier alpha value is -0.590. The van der Waals surface area contributed by atoms with E-state index in [4.69, 9.17) is 0 Å². The van der Waals surface area contributed by atoms with Crippen molar-refractivity contribution in [3.8, 4) is 0 Å². The third-order valence-corrected chi connectivity index (χ3v) is 4.64. The Balaban J connectivity index is 1.86. The lowest BCUT2D eigenvalue weighted by molar-refractivity contribution is -0.128. The van der Waals surface area contributed by atoms with Crippen LogP contribution in [-0.2, 0) is 4.79 Å². The van der Waals surface area contributed by atoms with Crippen molar-refractivity contribution in [3.05, 3.63) is 22.8 Å². The van der Waals surface area contributed by atoms with Gasteiger partial charge >= 0.3 is 0 Å². The maximum Gasteiger partial charge on any atom is 0.233 e. The van der Waals surface area contributed by atoms with Gasteiger partial charge in [-0.05, 0) is 41.0 Å². The monoisotopic (exact) mass is 329 g/mol. The quantitative estimate of drug-likeness (QED) is 0.858. The third kappa shape index (κ3) is 3.96. The van der Waals surface area contributed by atoms with Crippen LogP contribution in [0.25, 0.3) is 0 Å². The van der Waals surface area contributed by atoms with E-state index in [9.17, 15) is 4.79 Å². The Morgan fingerprint density at radius 1 is 1.50 bits per heavy atom. The molecule has 0 radical (unpaired) electrons. The number of nitrogens with zero attached hydrogens (tertiary/aromatic N) is 2. The molecule has 98 valence electrons. The van der Waals surface area contributed by atoms with E-state index in [2.05, 4.69) is 26.2 Å². The molecule has 1 N–H and O–H groups in total. The number of carbonyl (C=O) groups is 1. The number of aromatic nitrogens is 1. The number of thioether (sulfide) groups is 1. The van der Waals surface area contributed by atoms with Crippen LogP contribution in [0.3, 0.4) is 0 Å². The highest BCUT2D eigenvalue weighted by atomic mass is 79.9. The number of amides is 1. The van der Waals surface area contributed by atoms with Gasteiger partial charge in [0, 0.05) is 30.3 Å². The minimum atomic E-state index is 0.196. The summed E-state index contributed by atoms with van der Waals surface area (Å²) in [6, 6.07) is 3.81. The van der Waals surface area contributed by atoms with Gasteiger partial charge < -0.3 is 10.2 Å². The molecular formula is C12H16BrN3OS. The fourth-order valence-corrected chi connectivity index (χ4v) is 3.18. The Labute approximate surface area is 120 Å². The van der Waals surface area contributed by atoms with Gasteiger partial charge in [0.15, 0.2) is 0 Å². The summed E-state index contributed by atoms with van der Waals surface area (Å²) in [4.78, 5) is 18.3. The second-order valence-electron chi connectivity index (χ2n) is 4.06. The average Bonchev–Trinajstić information content (AvgIpc) is 2.66. The molecule has 0 unspecified atom stereocenters. The van der Waals surface area contributed by atoms with E-state index in [1.165, 1.54) is 11.8 Å². The SMILES string of the molecule is O=C(CSc1ncccc1Br)N1CCCNCC1. The molecule has 0 aromatic carbocycles. The summed E-state index contributed by atoms with van der Waals surface area (Å²) in [6.45, 7) is 3.56. The second kappa shape index (κ2) is 7.11. The molecule has 0 bridgehead atoms. The predicted octanol–water partition coefficient (Wildman–Crippen LogP) is 1.76. The van der Waals surface area contributed by atoms with Crippen molar-refractivity contribution < 1.29 is 4.79 Å². The van der Waals surface area contributed by atoms with Gasteiger partial charge in [-0.2, -0.15) is 0 Å². The topological polar surface area (TPSA) is 45.2 Å². The molecule has 0 aliphatic carbocycles. The summed E-state index contributed by atoms with van der Waals surface area (Å²) in [5, 5.41) is 4.17. The third-order valence-electron chi connectivity index (χ3n) is 2.75. The lowest BCUT2D eigenvalue weighted by atomic mass is 10.4. The first-order valence-corrected chi connectivity index (χ1v) is 7.77. The molecule has 1 aliphatic heterocycles. The summed E-state index contributed by atoms with van der Waals surface area (Å²) < 4.78 is 0.945. The Morgan fingerprint density at radius 2 is 2.39 bits per heavy atom. The lowest BCUT2D eigenvalue weighted by Gasteiger charge is -2.19. The zero-order valence-corrected chi connectivity index (χ0v) is 12.5. The summed E-state index contributed by atoms with van der Waals surface area (Å²) in [5.74, 6) is 0.650. The first-order valence-electron chi connectivity index (χ1n) is 5.99. The number of halogens is 1. The van der Waals surface area contributed by atoms with Gasteiger partial charge in [0.25, 0.3) is 0 Å². The Morgan fingerprint density at radius 3 is 3.22 bits per heavy atom. The standard InChI is InChI=1S/C12H16BrN3OS/c13-10-3-1-5-15-12(10)18-9-11(17)16-7-2-4-14-6-8-16/h1,3,5,14H,2,4,6-9H2. The van der Waals surface area contributed by atoms with Crippen LogP contribution in [0.1, 0.15) is 6.42 Å². The largest absolute Gasteiger partial charge is 0.341 e. The molecular weight excluding hydrogens is 314 g/mol. The molecule has 1 aromatic heterocycles. The number of pyridine rings is 1. The fraction of sp³-hybridized carbons (Fsp3) is 0.500. The van der Waals surface area contributed by atoms with Crippen LogP contribution in [-0.4, -0.2) is 47.7 Å². The number of hydrogen-bond acceptors (Lipinski definition) is 4. The van der Waals surface area contributed by atoms with Crippen molar-refractivity contribution >= 4 is 33.6 Å². The molecule has 2 heterocycles. The highest BCUT2D eigenvalue weighted by Gasteiger charge is 2.15. The Kier molecular flexibility index (Phi) is 5.46. The maximum atomic E-state index is 12.1. The smallest absolute Gasteiger partial charge is 0.233 e. The lowest BCUT2D eigenvalue weighted by Crippen LogP contribution is -2.35. The van der Waals surface area contributed by atoms with Gasteiger partial charge in [0.2, 0.25) is 5.91 Å². The van der Waals surface area contributed by atoms with E-state index in [0.717, 1.165) is 42.1 Å². The van der Waals surface area contributed by atoms with Crippen LogP contribution in [0.5, 0.6) is 0 Å². The van der Waals surface area contributed by atoms with Gasteiger partial charge in [0.1, 0.15) is 5.03 Å². The van der Waals surface area contributed by atoms with Crippen LogP contribution < -0.4 is 5.32 Å². The summed E-state index contributed by atoms with van der Waals surface area (Å²) >= 11 is 4.92. The highest BCUT2D eigenvalue weighted by Crippen LogP contribution is 2.24. The van der Waals surface area contributed by atoms with E-state index in [0.29, 0.717) is 5.75 Å². The molecule has 0 atom stereocenters. The molecule has 1 saturated heterocycles. The normalized spacial score (nSPS) is 16.4. The van der Waals surface area contributed by atoms with E-state index in [1.54, 1.807) is 6.20 Å². The number of rotatable bonds is 3. The van der Waals surface area contributed by atoms with Gasteiger partial charge in [-0.3, -0.25) is 4.79 Å². The van der Waals surface area contributed by atoms with Gasteiger partial charge in [-0.15, -0.1) is 0 Å². The van der Waals surface area contributed by atoms with Gasteiger partial charge in [-0.25, -0.2) is 4.98 Å². The molecule has 6 heteroatoms. The fourth-order valence-electron chi connectivity index (χ4n) is 1.79. The molecule has 0 saturated carbocycles. The van der Waals surface area contributed by atoms with Crippen molar-refractivity contribution in [1.29, 1.82) is 0 Å². The van der Waals surface area contributed by atoms with Crippen LogP contribution in [0.15, 0.2) is 27.8 Å². The van der Waals surface area contributed by atoms with E-state index in [-0.39, 0.29) is 5.91 Å². The van der Waals surface area contributed by atoms with E-state index in [1.807, 2.05) is 17.0 Å². The molecule has 2 rings (SSSR count). The molecule has 18 heavy (non-hydrogen) atoms. The van der Waals surface area contributed by atoms with Crippen LogP contribution >= 0.6 is 27.7 Å². The van der Waals surface area contributed by atoms with Gasteiger partial charge in [0.05, 0.1) is 5.75 Å². The van der Waals surface area contributed by atoms with E-state index < -0.39 is 0 Å². The molecule has 1 aliphatic rings. The number of carbonyl (C=O) groups excluding carboxylic acids is 1. The summed E-state index contributed by atoms with van der Waals surface area (Å²) in [7, 11) is 0. The minimum absolute atomic E-state index is 0.196. The van der Waals surface area contributed by atoms with Crippen LogP contribution in [0.2, 0.25) is 0 Å². The van der Waals surface area contributed by atoms with Crippen molar-refractivity contribution in [2.24, 2.45) is 0 Å². The molecule has 0 spiro atoms. The van der Waals surface area contributed by atoms with Crippen molar-refractivity contribution in [3.63, 3.8) is 0 Å². The summed E-state index contributed by atoms with van der Waals surface area (Å²) in [6.07, 6.45) is 2.77. The summed E-state index contributed by atoms with van der Waals surface area (Å²) in [5.41, 5.74) is 0. The zero-order valence-electron chi connectivity index (χ0n) is 10.1. The molecule has 4 nitrogen and oxygen atoms in total. The first-order chi connectivity index (χ1) is 8.77. The second-order valence-corrected chi connectivity index (χ2v) is 5.88. The van der Waals surface area contributed by atoms with Crippen LogP contribution in [0, 0.1) is 0 Å². The van der Waals surface area contributed by atoms with Crippen molar-refractivity contribution in [1.82, 2.24) is 15.2 Å². The average molecular weight is 330 g/mol.